The molecule has 0 aliphatic heterocycles. The third-order valence-corrected chi connectivity index (χ3v) is 6.21. The Morgan fingerprint density at radius 1 is 1.00 bits per heavy atom. The summed E-state index contributed by atoms with van der Waals surface area (Å²) >= 11 is 0. The van der Waals surface area contributed by atoms with Gasteiger partial charge in [-0.25, -0.2) is 8.42 Å². The number of sulfone groups is 1. The summed E-state index contributed by atoms with van der Waals surface area (Å²) in [7, 11) is -2.88. The van der Waals surface area contributed by atoms with Crippen LogP contribution in [0, 0.1) is 0 Å². The molecule has 0 aromatic rings. The molecule has 4 heteroatoms. The van der Waals surface area contributed by atoms with Crippen LogP contribution in [0.5, 0.6) is 0 Å². The molecule has 0 aromatic carbocycles. The predicted octanol–water partition coefficient (Wildman–Crippen LogP) is 0.835. The van der Waals surface area contributed by atoms with Crippen LogP contribution in [0.2, 0.25) is 0 Å². The molecule has 3 rings (SSSR count). The van der Waals surface area contributed by atoms with E-state index in [0.717, 1.165) is 38.5 Å². The zero-order valence-electron chi connectivity index (χ0n) is 8.04. The van der Waals surface area contributed by atoms with Gasteiger partial charge in [0.05, 0.1) is 4.75 Å². The lowest BCUT2D eigenvalue weighted by molar-refractivity contribution is 0.157. The highest BCUT2D eigenvalue weighted by molar-refractivity contribution is 7.92. The summed E-state index contributed by atoms with van der Waals surface area (Å²) in [5, 5.41) is 0. The highest BCUT2D eigenvalue weighted by Gasteiger charge is 2.52. The minimum absolute atomic E-state index is 0.0353. The standard InChI is InChI=1S/C9H17NO2S/c1-13(11,12)9-5-2-8(10,3-6-9)4-7-9/h2-7,10H2,1H3. The minimum Gasteiger partial charge on any atom is -0.325 e. The van der Waals surface area contributed by atoms with Gasteiger partial charge in [-0.3, -0.25) is 0 Å². The van der Waals surface area contributed by atoms with E-state index in [1.54, 1.807) is 0 Å². The molecule has 3 fully saturated rings. The molecular weight excluding hydrogens is 186 g/mol. The molecule has 0 saturated heterocycles. The van der Waals surface area contributed by atoms with Gasteiger partial charge in [0, 0.05) is 11.8 Å². The quantitative estimate of drug-likeness (QED) is 0.687. The molecule has 0 unspecified atom stereocenters. The first-order valence-electron chi connectivity index (χ1n) is 4.86. The molecule has 0 spiro atoms. The fourth-order valence-corrected chi connectivity index (χ4v) is 4.16. The Bertz CT molecular complexity index is 296. The topological polar surface area (TPSA) is 60.2 Å². The third-order valence-electron chi connectivity index (χ3n) is 4.02. The van der Waals surface area contributed by atoms with Crippen molar-refractivity contribution in [2.24, 2.45) is 5.73 Å². The zero-order valence-corrected chi connectivity index (χ0v) is 8.86. The maximum absolute atomic E-state index is 11.6. The molecule has 3 aliphatic rings. The van der Waals surface area contributed by atoms with Gasteiger partial charge in [0.1, 0.15) is 0 Å². The fraction of sp³-hybridized carbons (Fsp3) is 1.00. The zero-order chi connectivity index (χ0) is 9.74. The number of rotatable bonds is 1. The summed E-state index contributed by atoms with van der Waals surface area (Å²) in [5.74, 6) is 0. The van der Waals surface area contributed by atoms with Crippen LogP contribution in [0.15, 0.2) is 0 Å². The van der Waals surface area contributed by atoms with E-state index < -0.39 is 14.6 Å². The maximum Gasteiger partial charge on any atom is 0.153 e. The van der Waals surface area contributed by atoms with Crippen LogP contribution in [0.4, 0.5) is 0 Å². The van der Waals surface area contributed by atoms with Crippen molar-refractivity contribution in [3.05, 3.63) is 0 Å². The Labute approximate surface area is 79.6 Å². The highest BCUT2D eigenvalue weighted by atomic mass is 32.2. The first kappa shape index (κ1) is 9.46. The van der Waals surface area contributed by atoms with Crippen LogP contribution >= 0.6 is 0 Å². The second-order valence-electron chi connectivity index (χ2n) is 4.82. The van der Waals surface area contributed by atoms with Crippen LogP contribution in [-0.2, 0) is 9.84 Å². The van der Waals surface area contributed by atoms with Gasteiger partial charge in [-0.2, -0.15) is 0 Å². The number of fused-ring (bicyclic) bond motifs is 3. The molecule has 0 aromatic heterocycles. The second-order valence-corrected chi connectivity index (χ2v) is 7.23. The highest BCUT2D eigenvalue weighted by Crippen LogP contribution is 2.49. The van der Waals surface area contributed by atoms with E-state index in [2.05, 4.69) is 0 Å². The van der Waals surface area contributed by atoms with Crippen molar-refractivity contribution in [2.75, 3.05) is 6.26 Å². The van der Waals surface area contributed by atoms with Gasteiger partial charge in [-0.05, 0) is 38.5 Å². The maximum atomic E-state index is 11.6. The second kappa shape index (κ2) is 2.48. The van der Waals surface area contributed by atoms with Crippen LogP contribution in [0.3, 0.4) is 0 Å². The molecule has 13 heavy (non-hydrogen) atoms. The van der Waals surface area contributed by atoms with Gasteiger partial charge in [0.2, 0.25) is 0 Å². The van der Waals surface area contributed by atoms with Crippen LogP contribution in [0.1, 0.15) is 38.5 Å². The molecule has 3 saturated carbocycles. The van der Waals surface area contributed by atoms with Crippen LogP contribution in [-0.4, -0.2) is 25.0 Å². The molecular formula is C9H17NO2S. The summed E-state index contributed by atoms with van der Waals surface area (Å²) in [6, 6.07) is 0. The first-order valence-corrected chi connectivity index (χ1v) is 6.75. The SMILES string of the molecule is CS(=O)(=O)C12CCC(N)(CC1)CC2. The lowest BCUT2D eigenvalue weighted by Gasteiger charge is -2.50. The predicted molar refractivity (Wildman–Crippen MR) is 52.2 cm³/mol. The van der Waals surface area contributed by atoms with Crippen molar-refractivity contribution in [2.45, 2.75) is 48.8 Å². The smallest absolute Gasteiger partial charge is 0.153 e. The fourth-order valence-electron chi connectivity index (χ4n) is 2.74. The average molecular weight is 203 g/mol. The van der Waals surface area contributed by atoms with Crippen LogP contribution < -0.4 is 5.73 Å². The molecule has 0 radical (unpaired) electrons. The Morgan fingerprint density at radius 3 is 1.69 bits per heavy atom. The van der Waals surface area contributed by atoms with Crippen molar-refractivity contribution in [1.29, 1.82) is 0 Å². The van der Waals surface area contributed by atoms with Crippen molar-refractivity contribution in [3.8, 4) is 0 Å². The molecule has 2 bridgehead atoms. The summed E-state index contributed by atoms with van der Waals surface area (Å²) in [6.45, 7) is 0. The van der Waals surface area contributed by atoms with Gasteiger partial charge in [0.15, 0.2) is 9.84 Å². The van der Waals surface area contributed by atoms with Crippen molar-refractivity contribution >= 4 is 9.84 Å². The Balaban J connectivity index is 2.31. The molecule has 0 atom stereocenters. The molecule has 3 aliphatic carbocycles. The Kier molecular flexibility index (Phi) is 1.81. The van der Waals surface area contributed by atoms with E-state index in [1.165, 1.54) is 6.26 Å². The monoisotopic (exact) mass is 203 g/mol. The van der Waals surface area contributed by atoms with Gasteiger partial charge < -0.3 is 5.73 Å². The Morgan fingerprint density at radius 2 is 1.38 bits per heavy atom. The molecule has 3 nitrogen and oxygen atoms in total. The molecule has 2 N–H and O–H groups in total. The lowest BCUT2D eigenvalue weighted by Crippen LogP contribution is -2.57. The third kappa shape index (κ3) is 1.31. The van der Waals surface area contributed by atoms with Gasteiger partial charge in [-0.1, -0.05) is 0 Å². The average Bonchev–Trinajstić information content (AvgIpc) is 2.04. The number of hydrogen-bond acceptors (Lipinski definition) is 3. The van der Waals surface area contributed by atoms with Gasteiger partial charge in [0.25, 0.3) is 0 Å². The summed E-state index contributed by atoms with van der Waals surface area (Å²) in [4.78, 5) is 0. The summed E-state index contributed by atoms with van der Waals surface area (Å²) < 4.78 is 22.8. The van der Waals surface area contributed by atoms with Gasteiger partial charge in [-0.15, -0.1) is 0 Å². The molecule has 76 valence electrons. The molecule has 0 amide bonds. The number of hydrogen-bond donors (Lipinski definition) is 1. The van der Waals surface area contributed by atoms with E-state index >= 15 is 0 Å². The van der Waals surface area contributed by atoms with Crippen molar-refractivity contribution in [1.82, 2.24) is 0 Å². The van der Waals surface area contributed by atoms with E-state index in [0.29, 0.717) is 0 Å². The number of nitrogens with two attached hydrogens (primary N) is 1. The Hall–Kier alpha value is -0.0900. The van der Waals surface area contributed by atoms with E-state index in [-0.39, 0.29) is 5.54 Å². The van der Waals surface area contributed by atoms with Gasteiger partial charge >= 0.3 is 0 Å². The first-order chi connectivity index (χ1) is 5.87. The summed E-state index contributed by atoms with van der Waals surface area (Å²) in [5.41, 5.74) is 6.07. The van der Waals surface area contributed by atoms with E-state index in [1.807, 2.05) is 0 Å². The van der Waals surface area contributed by atoms with E-state index in [4.69, 9.17) is 5.73 Å². The van der Waals surface area contributed by atoms with Crippen LogP contribution in [0.25, 0.3) is 0 Å². The summed E-state index contributed by atoms with van der Waals surface area (Å²) in [6.07, 6.45) is 6.38. The normalized spacial score (nSPS) is 45.1. The van der Waals surface area contributed by atoms with Crippen molar-refractivity contribution < 1.29 is 8.42 Å². The molecule has 0 heterocycles. The van der Waals surface area contributed by atoms with E-state index in [9.17, 15) is 8.42 Å². The largest absolute Gasteiger partial charge is 0.325 e. The minimum atomic E-state index is -2.88. The lowest BCUT2D eigenvalue weighted by atomic mass is 9.66. The van der Waals surface area contributed by atoms with Crippen molar-refractivity contribution in [3.63, 3.8) is 0 Å².